The van der Waals surface area contributed by atoms with E-state index in [0.717, 1.165) is 23.6 Å². The lowest BCUT2D eigenvalue weighted by Gasteiger charge is -2.15. The second-order valence-corrected chi connectivity index (χ2v) is 13.9. The van der Waals surface area contributed by atoms with Crippen molar-refractivity contribution in [2.45, 2.75) is 32.4 Å². The second-order valence-electron chi connectivity index (χ2n) is 7.99. The minimum absolute atomic E-state index is 0.162. The zero-order chi connectivity index (χ0) is 21.0. The van der Waals surface area contributed by atoms with E-state index in [1.54, 1.807) is 0 Å². The quantitative estimate of drug-likeness (QED) is 0.232. The number of nitrogens with zero attached hydrogens (tertiary/aromatic N) is 3. The number of rotatable bonds is 8. The van der Waals surface area contributed by atoms with Gasteiger partial charge >= 0.3 is 0 Å². The van der Waals surface area contributed by atoms with Gasteiger partial charge in [0.2, 0.25) is 11.2 Å². The predicted molar refractivity (Wildman–Crippen MR) is 121 cm³/mol. The van der Waals surface area contributed by atoms with E-state index < -0.39 is 8.07 Å². The molecule has 8 heteroatoms. The molecule has 3 aromatic rings. The largest absolute Gasteiger partial charge is 0.361 e. The molecule has 152 valence electrons. The summed E-state index contributed by atoms with van der Waals surface area (Å²) in [5.41, 5.74) is 2.91. The summed E-state index contributed by atoms with van der Waals surface area (Å²) in [5, 5.41) is 3.79. The van der Waals surface area contributed by atoms with Crippen LogP contribution in [-0.4, -0.2) is 35.1 Å². The zero-order valence-electron chi connectivity index (χ0n) is 16.9. The number of nitrogens with one attached hydrogen (secondary N) is 1. The number of benzene rings is 1. The van der Waals surface area contributed by atoms with Crippen LogP contribution < -0.4 is 5.32 Å². The Kier molecular flexibility index (Phi) is 6.51. The fraction of sp³-hybridized carbons (Fsp3) is 0.286. The standard InChI is InChI=1S/C21H25ClN4O2Si/c1-5-18(27)23-16-8-6-7-15(13-16)19-17-9-10-26(20(17)25-21(22)24-19)14-28-11-12-29(2,3)4/h5-10,13H,1,11-12,14H2,2-4H3,(H,23,27). The summed E-state index contributed by atoms with van der Waals surface area (Å²) in [7, 11) is -1.13. The van der Waals surface area contributed by atoms with Gasteiger partial charge in [0, 0.05) is 37.5 Å². The lowest BCUT2D eigenvalue weighted by Crippen LogP contribution is -2.22. The molecule has 3 rings (SSSR count). The first-order valence-corrected chi connectivity index (χ1v) is 13.5. The molecule has 0 aliphatic rings. The summed E-state index contributed by atoms with van der Waals surface area (Å²) < 4.78 is 7.79. The highest BCUT2D eigenvalue weighted by molar-refractivity contribution is 6.76. The van der Waals surface area contributed by atoms with Crippen molar-refractivity contribution in [3.8, 4) is 11.3 Å². The van der Waals surface area contributed by atoms with Crippen LogP contribution in [0.3, 0.4) is 0 Å². The van der Waals surface area contributed by atoms with Crippen LogP contribution in [0.25, 0.3) is 22.3 Å². The van der Waals surface area contributed by atoms with E-state index in [4.69, 9.17) is 16.3 Å². The molecule has 2 heterocycles. The highest BCUT2D eigenvalue weighted by Crippen LogP contribution is 2.29. The van der Waals surface area contributed by atoms with E-state index in [1.165, 1.54) is 6.08 Å². The van der Waals surface area contributed by atoms with Crippen molar-refractivity contribution in [2.24, 2.45) is 0 Å². The number of hydrogen-bond acceptors (Lipinski definition) is 4. The summed E-state index contributed by atoms with van der Waals surface area (Å²) in [6.45, 7) is 11.6. The molecule has 1 aromatic carbocycles. The molecule has 1 N–H and O–H groups in total. The van der Waals surface area contributed by atoms with E-state index >= 15 is 0 Å². The van der Waals surface area contributed by atoms with Crippen molar-refractivity contribution in [1.29, 1.82) is 0 Å². The number of hydrogen-bond donors (Lipinski definition) is 1. The van der Waals surface area contributed by atoms with Crippen LogP contribution >= 0.6 is 11.6 Å². The van der Waals surface area contributed by atoms with Gasteiger partial charge in [0.1, 0.15) is 12.4 Å². The predicted octanol–water partition coefficient (Wildman–Crippen LogP) is 5.19. The Hall–Kier alpha value is -2.48. The van der Waals surface area contributed by atoms with Crippen LogP contribution in [0.15, 0.2) is 49.2 Å². The first-order valence-electron chi connectivity index (χ1n) is 9.41. The Morgan fingerprint density at radius 2 is 2.10 bits per heavy atom. The Bertz CT molecular complexity index is 1040. The topological polar surface area (TPSA) is 69.0 Å². The normalized spacial score (nSPS) is 11.6. The summed E-state index contributed by atoms with van der Waals surface area (Å²) >= 11 is 6.22. The van der Waals surface area contributed by atoms with Gasteiger partial charge in [-0.2, -0.15) is 4.98 Å². The molecule has 0 aliphatic heterocycles. The van der Waals surface area contributed by atoms with E-state index in [0.29, 0.717) is 23.8 Å². The minimum atomic E-state index is -1.13. The monoisotopic (exact) mass is 428 g/mol. The number of carbonyl (C=O) groups excluding carboxylic acids is 1. The molecular formula is C21H25ClN4O2Si. The first-order chi connectivity index (χ1) is 13.8. The molecule has 1 amide bonds. The second kappa shape index (κ2) is 8.90. The van der Waals surface area contributed by atoms with E-state index in [2.05, 4.69) is 41.5 Å². The molecule has 0 saturated carbocycles. The average Bonchev–Trinajstić information content (AvgIpc) is 3.06. The van der Waals surface area contributed by atoms with Crippen molar-refractivity contribution >= 4 is 42.3 Å². The van der Waals surface area contributed by atoms with Crippen LogP contribution in [0.5, 0.6) is 0 Å². The number of amides is 1. The summed E-state index contributed by atoms with van der Waals surface area (Å²) in [6.07, 6.45) is 3.16. The van der Waals surface area contributed by atoms with Gasteiger partial charge in [-0.1, -0.05) is 38.4 Å². The average molecular weight is 429 g/mol. The molecule has 29 heavy (non-hydrogen) atoms. The van der Waals surface area contributed by atoms with Gasteiger partial charge in [-0.15, -0.1) is 0 Å². The zero-order valence-corrected chi connectivity index (χ0v) is 18.7. The Balaban J connectivity index is 1.88. The first kappa shape index (κ1) is 21.2. The van der Waals surface area contributed by atoms with Crippen LogP contribution in [0.1, 0.15) is 0 Å². The van der Waals surface area contributed by atoms with Crippen LogP contribution in [0.4, 0.5) is 5.69 Å². The molecule has 0 saturated heterocycles. The Morgan fingerprint density at radius 3 is 2.83 bits per heavy atom. The number of carbonyl (C=O) groups is 1. The van der Waals surface area contributed by atoms with E-state index in [1.807, 2.05) is 41.1 Å². The molecule has 0 aliphatic carbocycles. The smallest absolute Gasteiger partial charge is 0.247 e. The summed E-state index contributed by atoms with van der Waals surface area (Å²) in [6, 6.07) is 10.5. The van der Waals surface area contributed by atoms with Crippen molar-refractivity contribution in [3.63, 3.8) is 0 Å². The third kappa shape index (κ3) is 5.53. The fourth-order valence-electron chi connectivity index (χ4n) is 2.84. The summed E-state index contributed by atoms with van der Waals surface area (Å²) in [4.78, 5) is 20.4. The van der Waals surface area contributed by atoms with Crippen molar-refractivity contribution in [3.05, 3.63) is 54.5 Å². The maximum absolute atomic E-state index is 11.6. The van der Waals surface area contributed by atoms with Crippen LogP contribution in [-0.2, 0) is 16.3 Å². The number of ether oxygens (including phenoxy) is 1. The molecule has 0 fully saturated rings. The van der Waals surface area contributed by atoms with E-state index in [-0.39, 0.29) is 11.2 Å². The van der Waals surface area contributed by atoms with Gasteiger partial charge in [0.25, 0.3) is 0 Å². The van der Waals surface area contributed by atoms with Crippen molar-refractivity contribution in [2.75, 3.05) is 11.9 Å². The molecule has 0 bridgehead atoms. The molecule has 6 nitrogen and oxygen atoms in total. The van der Waals surface area contributed by atoms with E-state index in [9.17, 15) is 4.79 Å². The Labute approximate surface area is 176 Å². The SMILES string of the molecule is C=CC(=O)Nc1cccc(-c2nc(Cl)nc3c2ccn3COCC[Si](C)(C)C)c1. The minimum Gasteiger partial charge on any atom is -0.361 e. The Morgan fingerprint density at radius 1 is 1.31 bits per heavy atom. The third-order valence-corrected chi connectivity index (χ3v) is 6.28. The highest BCUT2D eigenvalue weighted by Gasteiger charge is 2.15. The van der Waals surface area contributed by atoms with Gasteiger partial charge in [0.15, 0.2) is 0 Å². The van der Waals surface area contributed by atoms with Gasteiger partial charge in [0.05, 0.1) is 5.69 Å². The molecule has 2 aromatic heterocycles. The third-order valence-electron chi connectivity index (χ3n) is 4.41. The van der Waals surface area contributed by atoms with Crippen LogP contribution in [0, 0.1) is 0 Å². The van der Waals surface area contributed by atoms with Crippen LogP contribution in [0.2, 0.25) is 31.0 Å². The molecular weight excluding hydrogens is 404 g/mol. The lowest BCUT2D eigenvalue weighted by atomic mass is 10.1. The molecule has 0 radical (unpaired) electrons. The summed E-state index contributed by atoms with van der Waals surface area (Å²) in [5.74, 6) is -0.269. The van der Waals surface area contributed by atoms with Gasteiger partial charge in [-0.3, -0.25) is 4.79 Å². The van der Waals surface area contributed by atoms with Gasteiger partial charge in [-0.25, -0.2) is 4.98 Å². The van der Waals surface area contributed by atoms with Crippen molar-refractivity contribution in [1.82, 2.24) is 14.5 Å². The van der Waals surface area contributed by atoms with Crippen molar-refractivity contribution < 1.29 is 9.53 Å². The number of anilines is 1. The number of aromatic nitrogens is 3. The maximum atomic E-state index is 11.6. The maximum Gasteiger partial charge on any atom is 0.247 e. The number of halogens is 1. The highest BCUT2D eigenvalue weighted by atomic mass is 35.5. The molecule has 0 spiro atoms. The van der Waals surface area contributed by atoms with Gasteiger partial charge in [-0.05, 0) is 41.9 Å². The molecule has 0 unspecified atom stereocenters. The van der Waals surface area contributed by atoms with Gasteiger partial charge < -0.3 is 14.6 Å². The fourth-order valence-corrected chi connectivity index (χ4v) is 3.76. The lowest BCUT2D eigenvalue weighted by molar-refractivity contribution is -0.111. The molecule has 0 atom stereocenters. The number of fused-ring (bicyclic) bond motifs is 1.